The van der Waals surface area contributed by atoms with Crippen molar-refractivity contribution < 1.29 is 14.3 Å². The van der Waals surface area contributed by atoms with Gasteiger partial charge in [0.15, 0.2) is 5.75 Å². The number of aromatic hydroxyl groups is 1. The van der Waals surface area contributed by atoms with Gasteiger partial charge in [-0.3, -0.25) is 24.2 Å². The van der Waals surface area contributed by atoms with Crippen molar-refractivity contribution in [3.05, 3.63) is 68.1 Å². The van der Waals surface area contributed by atoms with Crippen LogP contribution in [-0.4, -0.2) is 39.8 Å². The first-order valence-corrected chi connectivity index (χ1v) is 10.1. The Hall–Kier alpha value is -3.95. The molecule has 2 aromatic heterocycles. The lowest BCUT2D eigenvalue weighted by atomic mass is 10.1. The predicted octanol–water partition coefficient (Wildman–Crippen LogP) is 2.69. The number of H-pyrrole nitrogens is 1. The van der Waals surface area contributed by atoms with E-state index in [4.69, 9.17) is 4.42 Å². The molecular weight excluding hydrogens is 414 g/mol. The van der Waals surface area contributed by atoms with Crippen molar-refractivity contribution in [1.82, 2.24) is 14.7 Å². The number of phenolic OH excluding ortho intramolecular Hbond substituents is 1. The molecule has 0 fully saturated rings. The molecule has 1 amide bonds. The Balaban J connectivity index is 2.08. The molecule has 10 heteroatoms. The van der Waals surface area contributed by atoms with Crippen LogP contribution >= 0.6 is 0 Å². The molecule has 0 aliphatic heterocycles. The summed E-state index contributed by atoms with van der Waals surface area (Å²) in [4.78, 5) is 39.4. The maximum absolute atomic E-state index is 12.9. The van der Waals surface area contributed by atoms with Crippen molar-refractivity contribution >= 4 is 23.0 Å². The van der Waals surface area contributed by atoms with Crippen molar-refractivity contribution in [2.45, 2.75) is 26.3 Å². The molecule has 3 rings (SSSR count). The normalized spacial score (nSPS) is 11.8. The number of amides is 1. The summed E-state index contributed by atoms with van der Waals surface area (Å²) in [5.74, 6) is 0.622. The van der Waals surface area contributed by atoms with E-state index in [1.54, 1.807) is 26.2 Å². The zero-order chi connectivity index (χ0) is 23.6. The first-order valence-electron chi connectivity index (χ1n) is 10.1. The van der Waals surface area contributed by atoms with E-state index < -0.39 is 17.0 Å². The maximum atomic E-state index is 12.9. The van der Waals surface area contributed by atoms with Crippen molar-refractivity contribution in [2.75, 3.05) is 24.7 Å². The number of hydrogen-bond donors (Lipinski definition) is 4. The number of nitrogens with zero attached hydrogens (tertiary/aromatic N) is 2. The van der Waals surface area contributed by atoms with E-state index in [-0.39, 0.29) is 34.4 Å². The summed E-state index contributed by atoms with van der Waals surface area (Å²) in [6.45, 7) is 3.74. The third-order valence-corrected chi connectivity index (χ3v) is 5.03. The maximum Gasteiger partial charge on any atom is 0.290 e. The number of anilines is 3. The third-order valence-electron chi connectivity index (χ3n) is 5.03. The summed E-state index contributed by atoms with van der Waals surface area (Å²) in [5, 5.41) is 19.1. The Morgan fingerprint density at radius 3 is 2.53 bits per heavy atom. The van der Waals surface area contributed by atoms with E-state index in [2.05, 4.69) is 15.7 Å². The molecule has 0 radical (unpaired) electrons. The van der Waals surface area contributed by atoms with Gasteiger partial charge in [-0.15, -0.1) is 0 Å². The second-order valence-corrected chi connectivity index (χ2v) is 7.64. The van der Waals surface area contributed by atoms with E-state index in [0.717, 1.165) is 10.4 Å². The zero-order valence-corrected chi connectivity index (χ0v) is 18.6. The summed E-state index contributed by atoms with van der Waals surface area (Å²) in [5.41, 5.74) is -0.947. The number of hydrogen-bond acceptors (Lipinski definition) is 7. The minimum absolute atomic E-state index is 0.00209. The van der Waals surface area contributed by atoms with E-state index in [1.807, 2.05) is 19.9 Å². The van der Waals surface area contributed by atoms with Crippen LogP contribution in [0.2, 0.25) is 0 Å². The van der Waals surface area contributed by atoms with Crippen molar-refractivity contribution in [3.63, 3.8) is 0 Å². The van der Waals surface area contributed by atoms with Gasteiger partial charge >= 0.3 is 0 Å². The minimum atomic E-state index is -0.531. The number of nitrogens with one attached hydrogen (secondary N) is 3. The average molecular weight is 441 g/mol. The summed E-state index contributed by atoms with van der Waals surface area (Å²) in [6, 6.07) is 7.82. The lowest BCUT2D eigenvalue weighted by Crippen LogP contribution is -2.32. The van der Waals surface area contributed by atoms with Gasteiger partial charge in [0, 0.05) is 21.1 Å². The molecule has 0 aliphatic rings. The van der Waals surface area contributed by atoms with E-state index in [1.165, 1.54) is 24.1 Å². The highest BCUT2D eigenvalue weighted by molar-refractivity contribution is 5.98. The van der Waals surface area contributed by atoms with Crippen molar-refractivity contribution in [2.24, 2.45) is 7.05 Å². The molecule has 3 aromatic rings. The molecule has 4 N–H and O–H groups in total. The van der Waals surface area contributed by atoms with Crippen LogP contribution in [-0.2, 0) is 7.05 Å². The number of aromatic amines is 1. The molecular formula is C22H27N5O5. The van der Waals surface area contributed by atoms with Crippen LogP contribution < -0.4 is 21.8 Å². The van der Waals surface area contributed by atoms with Gasteiger partial charge in [-0.1, -0.05) is 13.0 Å². The van der Waals surface area contributed by atoms with Crippen LogP contribution in [0, 0.1) is 6.92 Å². The van der Waals surface area contributed by atoms with Gasteiger partial charge in [0.25, 0.3) is 17.0 Å². The topological polar surface area (TPSA) is 133 Å². The Morgan fingerprint density at radius 2 is 1.94 bits per heavy atom. The number of aromatic nitrogens is 2. The highest BCUT2D eigenvalue weighted by Gasteiger charge is 2.22. The molecule has 1 unspecified atom stereocenters. The van der Waals surface area contributed by atoms with E-state index >= 15 is 0 Å². The number of phenols is 1. The Bertz CT molecular complexity index is 1250. The molecule has 32 heavy (non-hydrogen) atoms. The number of furan rings is 1. The molecule has 0 spiro atoms. The van der Waals surface area contributed by atoms with Crippen molar-refractivity contribution in [3.8, 4) is 5.75 Å². The van der Waals surface area contributed by atoms with Gasteiger partial charge in [0.1, 0.15) is 22.9 Å². The third kappa shape index (κ3) is 4.39. The summed E-state index contributed by atoms with van der Waals surface area (Å²) >= 11 is 0. The first kappa shape index (κ1) is 22.7. The number of aryl methyl sites for hydroxylation is 2. The quantitative estimate of drug-likeness (QED) is 0.414. The molecule has 0 aliphatic carbocycles. The van der Waals surface area contributed by atoms with Gasteiger partial charge in [0.2, 0.25) is 0 Å². The fourth-order valence-electron chi connectivity index (χ4n) is 3.28. The molecule has 10 nitrogen and oxygen atoms in total. The number of para-hydroxylation sites is 1. The van der Waals surface area contributed by atoms with Crippen LogP contribution in [0.1, 0.15) is 41.3 Å². The van der Waals surface area contributed by atoms with Gasteiger partial charge in [-0.25, -0.2) is 0 Å². The van der Waals surface area contributed by atoms with Gasteiger partial charge in [0.05, 0.1) is 17.3 Å². The van der Waals surface area contributed by atoms with Gasteiger partial charge in [-0.05, 0) is 37.6 Å². The molecule has 0 bridgehead atoms. The lowest BCUT2D eigenvalue weighted by Gasteiger charge is -2.20. The smallest absolute Gasteiger partial charge is 0.290 e. The fraction of sp³-hybridized carbons (Fsp3) is 0.318. The highest BCUT2D eigenvalue weighted by atomic mass is 16.3. The first-order chi connectivity index (χ1) is 15.1. The number of carbonyl (C=O) groups excluding carboxylic acids is 1. The zero-order valence-electron chi connectivity index (χ0n) is 18.6. The second-order valence-electron chi connectivity index (χ2n) is 7.64. The predicted molar refractivity (Wildman–Crippen MR) is 122 cm³/mol. The van der Waals surface area contributed by atoms with E-state index in [9.17, 15) is 19.5 Å². The minimum Gasteiger partial charge on any atom is -0.505 e. The van der Waals surface area contributed by atoms with Crippen LogP contribution in [0.15, 0.2) is 44.3 Å². The molecule has 1 atom stereocenters. The fourth-order valence-corrected chi connectivity index (χ4v) is 3.28. The van der Waals surface area contributed by atoms with Gasteiger partial charge in [-0.2, -0.15) is 0 Å². The van der Waals surface area contributed by atoms with Crippen LogP contribution in [0.4, 0.5) is 17.1 Å². The second kappa shape index (κ2) is 9.04. The number of benzene rings is 1. The lowest BCUT2D eigenvalue weighted by molar-refractivity contribution is 0.0824. The van der Waals surface area contributed by atoms with Crippen molar-refractivity contribution in [1.29, 1.82) is 0 Å². The SMILES string of the molecule is CCC(Nc1c(Nc2cccc(C(=O)N(C)C)c2O)c(=O)n(C)[nH]c1=O)c1ccc(C)o1. The summed E-state index contributed by atoms with van der Waals surface area (Å²) < 4.78 is 6.73. The Morgan fingerprint density at radius 1 is 1.22 bits per heavy atom. The van der Waals surface area contributed by atoms with E-state index in [0.29, 0.717) is 12.2 Å². The molecule has 0 saturated heterocycles. The molecule has 1 aromatic carbocycles. The summed E-state index contributed by atoms with van der Waals surface area (Å²) in [6.07, 6.45) is 0.582. The standard InChI is InChI=1S/C22H27N5O5/c1-6-14(16-11-10-12(2)32-16)23-17-18(22(31)27(5)25-20(17)29)24-15-9-7-8-13(19(15)28)21(30)26(3)4/h7-11,14,23-24,28H,6H2,1-5H3,(H,25,29). The largest absolute Gasteiger partial charge is 0.505 e. The Labute approximate surface area is 184 Å². The molecule has 170 valence electrons. The number of carbonyl (C=O) groups is 1. The monoisotopic (exact) mass is 441 g/mol. The van der Waals surface area contributed by atoms with Crippen LogP contribution in [0.3, 0.4) is 0 Å². The highest BCUT2D eigenvalue weighted by Crippen LogP contribution is 2.32. The van der Waals surface area contributed by atoms with Crippen LogP contribution in [0.5, 0.6) is 5.75 Å². The average Bonchev–Trinajstić information content (AvgIpc) is 3.18. The van der Waals surface area contributed by atoms with Crippen LogP contribution in [0.25, 0.3) is 0 Å². The number of rotatable bonds is 7. The molecule has 2 heterocycles. The Kier molecular flexibility index (Phi) is 6.42. The molecule has 0 saturated carbocycles. The summed E-state index contributed by atoms with van der Waals surface area (Å²) in [7, 11) is 4.55. The van der Waals surface area contributed by atoms with Gasteiger partial charge < -0.3 is 25.1 Å².